The Labute approximate surface area is 106 Å². The van der Waals surface area contributed by atoms with E-state index in [1.165, 1.54) is 7.05 Å². The third kappa shape index (κ3) is 1.59. The van der Waals surface area contributed by atoms with Crippen LogP contribution in [0.5, 0.6) is 0 Å². The van der Waals surface area contributed by atoms with Crippen molar-refractivity contribution in [2.75, 3.05) is 0 Å². The second-order valence-electron chi connectivity index (χ2n) is 4.28. The number of halogens is 8. The normalized spacial score (nSPS) is 26.1. The lowest BCUT2D eigenvalue weighted by Crippen LogP contribution is -2.65. The van der Waals surface area contributed by atoms with Gasteiger partial charge >= 0.3 is 23.7 Å². The van der Waals surface area contributed by atoms with Crippen LogP contribution in [0.4, 0.5) is 35.1 Å². The van der Waals surface area contributed by atoms with Crippen molar-refractivity contribution in [3.63, 3.8) is 0 Å². The largest absolute Gasteiger partial charge is 0.382 e. The van der Waals surface area contributed by atoms with Gasteiger partial charge in [0.2, 0.25) is 0 Å². The first-order valence-electron chi connectivity index (χ1n) is 5.09. The average molecular weight is 306 g/mol. The minimum absolute atomic E-state index is 0.745. The first-order chi connectivity index (χ1) is 8.84. The van der Waals surface area contributed by atoms with E-state index in [1.54, 1.807) is 0 Å². The highest BCUT2D eigenvalue weighted by molar-refractivity contribution is 5.72. The van der Waals surface area contributed by atoms with E-state index >= 15 is 0 Å². The fourth-order valence-electron chi connectivity index (χ4n) is 1.73. The molecular weight excluding hydrogens is 300 g/mol. The van der Waals surface area contributed by atoms with Crippen molar-refractivity contribution >= 4 is 5.57 Å². The molecule has 0 aliphatic heterocycles. The topological polar surface area (TPSA) is 17.8 Å². The molecule has 0 radical (unpaired) electrons. The summed E-state index contributed by atoms with van der Waals surface area (Å²) in [6, 6.07) is 0.745. The molecule has 112 valence electrons. The van der Waals surface area contributed by atoms with Gasteiger partial charge in [0.15, 0.2) is 0 Å². The highest BCUT2D eigenvalue weighted by Crippen LogP contribution is 2.60. The van der Waals surface area contributed by atoms with E-state index in [4.69, 9.17) is 0 Å². The Kier molecular flexibility index (Phi) is 2.76. The predicted octanol–water partition coefficient (Wildman–Crippen LogP) is 3.36. The zero-order chi connectivity index (χ0) is 15.6. The molecular formula is C10H6F8N2. The summed E-state index contributed by atoms with van der Waals surface area (Å²) in [5, 5.41) is 3.27. The Hall–Kier alpha value is -1.61. The van der Waals surface area contributed by atoms with Gasteiger partial charge in [0.25, 0.3) is 0 Å². The van der Waals surface area contributed by atoms with Crippen LogP contribution in [0.2, 0.25) is 0 Å². The SMILES string of the molecule is Cn1ccc(C2=CC(F)(F)C(F)(F)C(F)(F)C2(F)F)n1. The summed E-state index contributed by atoms with van der Waals surface area (Å²) in [7, 11) is 1.22. The minimum Gasteiger partial charge on any atom is -0.275 e. The Morgan fingerprint density at radius 1 is 0.950 bits per heavy atom. The van der Waals surface area contributed by atoms with Crippen LogP contribution < -0.4 is 0 Å². The van der Waals surface area contributed by atoms with Gasteiger partial charge in [-0.1, -0.05) is 0 Å². The summed E-state index contributed by atoms with van der Waals surface area (Å²) in [4.78, 5) is 0. The Balaban J connectivity index is 2.72. The molecule has 1 aliphatic carbocycles. The fraction of sp³-hybridized carbons (Fsp3) is 0.500. The van der Waals surface area contributed by atoms with Gasteiger partial charge in [-0.15, -0.1) is 0 Å². The number of nitrogens with zero attached hydrogens (tertiary/aromatic N) is 2. The number of alkyl halides is 8. The molecule has 0 bridgehead atoms. The second kappa shape index (κ2) is 3.73. The van der Waals surface area contributed by atoms with Gasteiger partial charge in [-0.2, -0.15) is 40.2 Å². The van der Waals surface area contributed by atoms with Gasteiger partial charge < -0.3 is 0 Å². The van der Waals surface area contributed by atoms with Crippen LogP contribution in [0.1, 0.15) is 5.69 Å². The Morgan fingerprint density at radius 2 is 1.50 bits per heavy atom. The average Bonchev–Trinajstić information content (AvgIpc) is 2.70. The van der Waals surface area contributed by atoms with Gasteiger partial charge in [0.05, 0.1) is 11.3 Å². The van der Waals surface area contributed by atoms with E-state index in [2.05, 4.69) is 5.10 Å². The number of aryl methyl sites for hydroxylation is 1. The number of allylic oxidation sites excluding steroid dienone is 2. The number of hydrogen-bond acceptors (Lipinski definition) is 1. The molecule has 0 saturated carbocycles. The monoisotopic (exact) mass is 306 g/mol. The second-order valence-corrected chi connectivity index (χ2v) is 4.28. The Morgan fingerprint density at radius 3 is 1.95 bits per heavy atom. The first kappa shape index (κ1) is 14.8. The van der Waals surface area contributed by atoms with E-state index in [0.29, 0.717) is 0 Å². The standard InChI is InChI=1S/C10H6F8N2/c1-20-3-2-6(19-20)5-4-7(11,12)9(15,16)10(17,18)8(5,13)14/h2-4H,1H3. The van der Waals surface area contributed by atoms with Gasteiger partial charge in [-0.3, -0.25) is 4.68 Å². The summed E-state index contributed by atoms with van der Waals surface area (Å²) in [6.07, 6.45) is 0.169. The zero-order valence-electron chi connectivity index (χ0n) is 9.65. The van der Waals surface area contributed by atoms with Crippen LogP contribution in [0.3, 0.4) is 0 Å². The molecule has 0 unspecified atom stereocenters. The van der Waals surface area contributed by atoms with Crippen LogP contribution in [0.25, 0.3) is 5.57 Å². The van der Waals surface area contributed by atoms with Gasteiger partial charge in [-0.05, 0) is 6.07 Å². The number of hydrogen-bond donors (Lipinski definition) is 0. The quantitative estimate of drug-likeness (QED) is 0.728. The highest BCUT2D eigenvalue weighted by atomic mass is 19.4. The molecule has 0 spiro atoms. The molecule has 20 heavy (non-hydrogen) atoms. The molecule has 0 fully saturated rings. The van der Waals surface area contributed by atoms with Gasteiger partial charge in [-0.25, -0.2) is 0 Å². The van der Waals surface area contributed by atoms with Crippen LogP contribution >= 0.6 is 0 Å². The lowest BCUT2D eigenvalue weighted by Gasteiger charge is -2.40. The van der Waals surface area contributed by atoms with Crippen molar-refractivity contribution < 1.29 is 35.1 Å². The molecule has 1 aromatic heterocycles. The van der Waals surface area contributed by atoms with Gasteiger partial charge in [0.1, 0.15) is 0 Å². The molecule has 0 atom stereocenters. The molecule has 0 saturated heterocycles. The summed E-state index contributed by atoms with van der Waals surface area (Å²) < 4.78 is 106. The maximum atomic E-state index is 13.5. The summed E-state index contributed by atoms with van der Waals surface area (Å²) in [5.74, 6) is -23.4. The molecule has 0 aromatic carbocycles. The maximum absolute atomic E-state index is 13.5. The third-order valence-corrected chi connectivity index (χ3v) is 2.86. The van der Waals surface area contributed by atoms with Crippen LogP contribution in [-0.2, 0) is 7.05 Å². The van der Waals surface area contributed by atoms with Crippen LogP contribution in [0, 0.1) is 0 Å². The smallest absolute Gasteiger partial charge is 0.275 e. The number of rotatable bonds is 1. The molecule has 0 N–H and O–H groups in total. The maximum Gasteiger partial charge on any atom is 0.382 e. The molecule has 1 heterocycles. The van der Waals surface area contributed by atoms with Crippen molar-refractivity contribution in [2.24, 2.45) is 7.05 Å². The van der Waals surface area contributed by atoms with E-state index in [9.17, 15) is 35.1 Å². The number of aromatic nitrogens is 2. The van der Waals surface area contributed by atoms with E-state index in [-0.39, 0.29) is 0 Å². The third-order valence-electron chi connectivity index (χ3n) is 2.86. The Bertz CT molecular complexity index is 572. The van der Waals surface area contributed by atoms with Crippen molar-refractivity contribution in [2.45, 2.75) is 23.7 Å². The first-order valence-corrected chi connectivity index (χ1v) is 5.09. The van der Waals surface area contributed by atoms with Crippen molar-refractivity contribution in [3.8, 4) is 0 Å². The van der Waals surface area contributed by atoms with Crippen LogP contribution in [-0.4, -0.2) is 33.5 Å². The van der Waals surface area contributed by atoms with E-state index in [1.807, 2.05) is 0 Å². The zero-order valence-corrected chi connectivity index (χ0v) is 9.65. The highest BCUT2D eigenvalue weighted by Gasteiger charge is 2.83. The molecule has 2 rings (SSSR count). The molecule has 0 amide bonds. The lowest BCUT2D eigenvalue weighted by molar-refractivity contribution is -0.348. The van der Waals surface area contributed by atoms with Crippen molar-refractivity contribution in [3.05, 3.63) is 24.0 Å². The molecule has 10 heteroatoms. The van der Waals surface area contributed by atoms with E-state index < -0.39 is 41.0 Å². The summed E-state index contributed by atoms with van der Waals surface area (Å²) >= 11 is 0. The van der Waals surface area contributed by atoms with Crippen molar-refractivity contribution in [1.82, 2.24) is 9.78 Å². The summed E-state index contributed by atoms with van der Waals surface area (Å²) in [6.45, 7) is 0. The minimum atomic E-state index is -6.24. The molecule has 1 aromatic rings. The molecule has 1 aliphatic rings. The lowest BCUT2D eigenvalue weighted by atomic mass is 9.84. The predicted molar refractivity (Wildman–Crippen MR) is 51.0 cm³/mol. The fourth-order valence-corrected chi connectivity index (χ4v) is 1.73. The summed E-state index contributed by atoms with van der Waals surface area (Å²) in [5.41, 5.74) is -2.86. The van der Waals surface area contributed by atoms with Crippen molar-refractivity contribution in [1.29, 1.82) is 0 Å². The van der Waals surface area contributed by atoms with Gasteiger partial charge in [0, 0.05) is 19.3 Å². The molecule has 2 nitrogen and oxygen atoms in total. The van der Waals surface area contributed by atoms with E-state index in [0.717, 1.165) is 16.9 Å². The van der Waals surface area contributed by atoms with Crippen LogP contribution in [0.15, 0.2) is 18.3 Å².